The number of aromatic carboxylic acids is 1. The Morgan fingerprint density at radius 1 is 1.32 bits per heavy atom. The first kappa shape index (κ1) is 13.7. The van der Waals surface area contributed by atoms with Gasteiger partial charge >= 0.3 is 5.97 Å². The van der Waals surface area contributed by atoms with Crippen LogP contribution < -0.4 is 4.74 Å². The molecule has 22 heavy (non-hydrogen) atoms. The topological polar surface area (TPSA) is 85.5 Å². The van der Waals surface area contributed by atoms with Crippen molar-refractivity contribution >= 4 is 5.97 Å². The summed E-state index contributed by atoms with van der Waals surface area (Å²) in [6.45, 7) is 0. The largest absolute Gasteiger partial charge is 0.478 e. The lowest BCUT2D eigenvalue weighted by atomic mass is 10.2. The number of carboxylic acid groups (broad SMARTS) is 1. The fraction of sp³-hybridized carbons (Fsp3) is 0. The number of carboxylic acids is 1. The Balaban J connectivity index is 1.98. The van der Waals surface area contributed by atoms with Crippen molar-refractivity contribution in [2.24, 2.45) is 0 Å². The van der Waals surface area contributed by atoms with Gasteiger partial charge in [-0.1, -0.05) is 0 Å². The van der Waals surface area contributed by atoms with Crippen LogP contribution in [0.15, 0.2) is 53.5 Å². The fourth-order valence-corrected chi connectivity index (χ4v) is 1.85. The minimum Gasteiger partial charge on any atom is -0.478 e. The third-order valence-corrected chi connectivity index (χ3v) is 2.85. The number of nitrogens with zero attached hydrogens (tertiary/aromatic N) is 2. The van der Waals surface area contributed by atoms with Crippen molar-refractivity contribution in [3.63, 3.8) is 0 Å². The van der Waals surface area contributed by atoms with Crippen LogP contribution in [-0.2, 0) is 0 Å². The van der Waals surface area contributed by atoms with Gasteiger partial charge in [-0.15, -0.1) is 0 Å². The quantitative estimate of drug-likeness (QED) is 0.795. The molecule has 1 N–H and O–H groups in total. The molecule has 0 atom stereocenters. The van der Waals surface area contributed by atoms with E-state index in [1.165, 1.54) is 24.9 Å². The van der Waals surface area contributed by atoms with Gasteiger partial charge < -0.3 is 14.3 Å². The molecule has 7 heteroatoms. The Bertz CT molecular complexity index is 818. The van der Waals surface area contributed by atoms with Gasteiger partial charge in [0.2, 0.25) is 5.88 Å². The van der Waals surface area contributed by atoms with Crippen LogP contribution in [0.5, 0.6) is 11.6 Å². The van der Waals surface area contributed by atoms with E-state index in [4.69, 9.17) is 14.3 Å². The van der Waals surface area contributed by atoms with Crippen molar-refractivity contribution in [2.45, 2.75) is 0 Å². The van der Waals surface area contributed by atoms with Crippen molar-refractivity contribution in [1.29, 1.82) is 0 Å². The number of pyridine rings is 1. The number of oxazole rings is 1. The summed E-state index contributed by atoms with van der Waals surface area (Å²) < 4.78 is 24.1. The molecule has 0 spiro atoms. The lowest BCUT2D eigenvalue weighted by molar-refractivity contribution is 0.0691. The number of hydrogen-bond donors (Lipinski definition) is 1. The van der Waals surface area contributed by atoms with E-state index >= 15 is 0 Å². The smallest absolute Gasteiger partial charge is 0.338 e. The zero-order valence-corrected chi connectivity index (χ0v) is 11.1. The van der Waals surface area contributed by atoms with Crippen LogP contribution in [0.1, 0.15) is 10.4 Å². The molecular weight excluding hydrogens is 291 g/mol. The predicted octanol–water partition coefficient (Wildman–Crippen LogP) is 3.37. The van der Waals surface area contributed by atoms with Crippen molar-refractivity contribution < 1.29 is 23.4 Å². The van der Waals surface area contributed by atoms with E-state index < -0.39 is 17.3 Å². The van der Waals surface area contributed by atoms with Crippen molar-refractivity contribution in [3.05, 3.63) is 60.5 Å². The van der Waals surface area contributed by atoms with Gasteiger partial charge in [0.05, 0.1) is 17.3 Å². The van der Waals surface area contributed by atoms with Gasteiger partial charge in [-0.2, -0.15) is 0 Å². The van der Waals surface area contributed by atoms with Gasteiger partial charge in [0.15, 0.2) is 12.2 Å². The molecule has 0 saturated heterocycles. The van der Waals surface area contributed by atoms with E-state index in [0.717, 1.165) is 12.1 Å². The number of ether oxygens (including phenoxy) is 1. The Morgan fingerprint density at radius 3 is 2.91 bits per heavy atom. The maximum absolute atomic E-state index is 13.4. The Labute approximate surface area is 123 Å². The zero-order valence-electron chi connectivity index (χ0n) is 11.1. The van der Waals surface area contributed by atoms with Crippen LogP contribution in [-0.4, -0.2) is 21.0 Å². The Hall–Kier alpha value is -3.22. The third-order valence-electron chi connectivity index (χ3n) is 2.85. The number of hydrogen-bond acceptors (Lipinski definition) is 5. The van der Waals surface area contributed by atoms with E-state index in [2.05, 4.69) is 9.97 Å². The normalized spacial score (nSPS) is 10.4. The number of rotatable bonds is 4. The van der Waals surface area contributed by atoms with Gasteiger partial charge in [-0.25, -0.2) is 19.2 Å². The third kappa shape index (κ3) is 2.64. The highest BCUT2D eigenvalue weighted by Gasteiger charge is 2.15. The van der Waals surface area contributed by atoms with E-state index in [0.29, 0.717) is 11.3 Å². The Kier molecular flexibility index (Phi) is 3.53. The summed E-state index contributed by atoms with van der Waals surface area (Å²) in [6.07, 6.45) is 4.28. The molecule has 0 saturated carbocycles. The van der Waals surface area contributed by atoms with Crippen LogP contribution in [0.3, 0.4) is 0 Å². The molecule has 0 radical (unpaired) electrons. The first-order valence-electron chi connectivity index (χ1n) is 6.20. The molecule has 0 unspecified atom stereocenters. The van der Waals surface area contributed by atoms with Crippen LogP contribution in [0.25, 0.3) is 11.3 Å². The second kappa shape index (κ2) is 5.65. The number of halogens is 1. The van der Waals surface area contributed by atoms with Crippen molar-refractivity contribution in [2.75, 3.05) is 0 Å². The molecule has 2 heterocycles. The maximum atomic E-state index is 13.4. The second-order valence-corrected chi connectivity index (χ2v) is 4.27. The van der Waals surface area contributed by atoms with Crippen LogP contribution >= 0.6 is 0 Å². The summed E-state index contributed by atoms with van der Waals surface area (Å²) in [5.74, 6) is -1.42. The van der Waals surface area contributed by atoms with E-state index in [1.807, 2.05) is 0 Å². The molecule has 0 amide bonds. The summed E-state index contributed by atoms with van der Waals surface area (Å²) in [4.78, 5) is 18.8. The average molecular weight is 300 g/mol. The highest BCUT2D eigenvalue weighted by Crippen LogP contribution is 2.31. The first-order chi connectivity index (χ1) is 10.6. The molecular formula is C15H9FN2O4. The highest BCUT2D eigenvalue weighted by molar-refractivity contribution is 5.88. The molecule has 3 rings (SSSR count). The summed E-state index contributed by atoms with van der Waals surface area (Å²) in [6, 6.07) is 6.84. The average Bonchev–Trinajstić information content (AvgIpc) is 3.03. The molecule has 0 fully saturated rings. The molecule has 6 nitrogen and oxygen atoms in total. The minimum atomic E-state index is -1.38. The highest BCUT2D eigenvalue weighted by atomic mass is 19.1. The molecule has 1 aromatic carbocycles. The summed E-state index contributed by atoms with van der Waals surface area (Å²) in [5, 5.41) is 8.93. The Morgan fingerprint density at radius 2 is 2.18 bits per heavy atom. The number of aromatic nitrogens is 2. The summed E-state index contributed by atoms with van der Waals surface area (Å²) in [7, 11) is 0. The summed E-state index contributed by atoms with van der Waals surface area (Å²) in [5.41, 5.74) is 0.0656. The zero-order chi connectivity index (χ0) is 15.5. The molecule has 0 aliphatic rings. The predicted molar refractivity (Wildman–Crippen MR) is 73.2 cm³/mol. The summed E-state index contributed by atoms with van der Waals surface area (Å²) >= 11 is 0. The van der Waals surface area contributed by atoms with Crippen molar-refractivity contribution in [3.8, 4) is 23.0 Å². The maximum Gasteiger partial charge on any atom is 0.338 e. The van der Waals surface area contributed by atoms with Gasteiger partial charge in [0.25, 0.3) is 0 Å². The minimum absolute atomic E-state index is 0.151. The molecule has 0 bridgehead atoms. The van der Waals surface area contributed by atoms with Crippen LogP contribution in [0.4, 0.5) is 4.39 Å². The van der Waals surface area contributed by atoms with E-state index in [9.17, 15) is 9.18 Å². The molecule has 110 valence electrons. The molecule has 2 aromatic heterocycles. The van der Waals surface area contributed by atoms with E-state index in [1.54, 1.807) is 12.1 Å². The molecule has 0 aliphatic carbocycles. The van der Waals surface area contributed by atoms with Crippen LogP contribution in [0, 0.1) is 5.82 Å². The van der Waals surface area contributed by atoms with Crippen LogP contribution in [0.2, 0.25) is 0 Å². The standard InChI is InChI=1S/C15H9FN2O4/c16-12-4-3-9(6-11(12)15(19)20)22-14-10(2-1-5-18-14)13-7-17-8-21-13/h1-8H,(H,19,20). The monoisotopic (exact) mass is 300 g/mol. The fourth-order valence-electron chi connectivity index (χ4n) is 1.85. The van der Waals surface area contributed by atoms with Gasteiger partial charge in [0, 0.05) is 6.20 Å². The SMILES string of the molecule is O=C(O)c1cc(Oc2ncccc2-c2cnco2)ccc1F. The van der Waals surface area contributed by atoms with Gasteiger partial charge in [-0.05, 0) is 30.3 Å². The lowest BCUT2D eigenvalue weighted by Crippen LogP contribution is -2.01. The molecule has 0 aliphatic heterocycles. The second-order valence-electron chi connectivity index (χ2n) is 4.27. The van der Waals surface area contributed by atoms with Gasteiger partial charge in [-0.3, -0.25) is 0 Å². The van der Waals surface area contributed by atoms with Gasteiger partial charge in [0.1, 0.15) is 11.6 Å². The lowest BCUT2D eigenvalue weighted by Gasteiger charge is -2.09. The number of carbonyl (C=O) groups is 1. The molecule has 3 aromatic rings. The first-order valence-corrected chi connectivity index (χ1v) is 6.20. The number of benzene rings is 1. The van der Waals surface area contributed by atoms with Crippen molar-refractivity contribution in [1.82, 2.24) is 9.97 Å². The van der Waals surface area contributed by atoms with E-state index in [-0.39, 0.29) is 11.6 Å².